The number of nitrogens with one attached hydrogen (secondary N) is 1. The third kappa shape index (κ3) is 4.17. The van der Waals surface area contributed by atoms with E-state index in [1.54, 1.807) is 6.92 Å². The lowest BCUT2D eigenvalue weighted by Gasteiger charge is -2.15. The topological polar surface area (TPSA) is 88.9 Å². The fourth-order valence-electron chi connectivity index (χ4n) is 2.79. The minimum Gasteiger partial charge on any atom is -0.459 e. The van der Waals surface area contributed by atoms with E-state index < -0.39 is 11.9 Å². The smallest absolute Gasteiger partial charge is 0.326 e. The number of carbonyl (C=O) groups excluding carboxylic acids is 3. The standard InChI is InChI=1S/C18H20N2O5/c1-12(15-9-13-5-2-3-6-14(13)25-15)19-16(21)11-24-18(23)10-20-8-4-7-17(20)22/h2-3,5-6,9,12H,4,7-8,10-11H2,1H3,(H,19,21)/t12-/m0/s1. The third-order valence-electron chi connectivity index (χ3n) is 4.10. The Morgan fingerprint density at radius 2 is 2.16 bits per heavy atom. The molecule has 1 atom stereocenters. The number of rotatable bonds is 6. The first kappa shape index (κ1) is 17.0. The summed E-state index contributed by atoms with van der Waals surface area (Å²) in [5.41, 5.74) is 0.750. The number of hydrogen-bond donors (Lipinski definition) is 1. The van der Waals surface area contributed by atoms with Crippen molar-refractivity contribution in [1.82, 2.24) is 10.2 Å². The maximum absolute atomic E-state index is 11.9. The van der Waals surface area contributed by atoms with E-state index >= 15 is 0 Å². The van der Waals surface area contributed by atoms with Crippen LogP contribution in [0.15, 0.2) is 34.7 Å². The van der Waals surface area contributed by atoms with Gasteiger partial charge in [-0.05, 0) is 25.5 Å². The predicted molar refractivity (Wildman–Crippen MR) is 89.5 cm³/mol. The van der Waals surface area contributed by atoms with Gasteiger partial charge in [-0.2, -0.15) is 0 Å². The van der Waals surface area contributed by atoms with Gasteiger partial charge in [-0.15, -0.1) is 0 Å². The number of ether oxygens (including phenoxy) is 1. The molecule has 0 unspecified atom stereocenters. The summed E-state index contributed by atoms with van der Waals surface area (Å²) in [6.07, 6.45) is 1.21. The van der Waals surface area contributed by atoms with Gasteiger partial charge >= 0.3 is 5.97 Å². The van der Waals surface area contributed by atoms with E-state index in [1.165, 1.54) is 4.90 Å². The van der Waals surface area contributed by atoms with Crippen LogP contribution in [0.3, 0.4) is 0 Å². The summed E-state index contributed by atoms with van der Waals surface area (Å²) >= 11 is 0. The average Bonchev–Trinajstić information content (AvgIpc) is 3.19. The van der Waals surface area contributed by atoms with Gasteiger partial charge in [0.05, 0.1) is 6.04 Å². The molecule has 1 aromatic carbocycles. The molecule has 1 saturated heterocycles. The molecule has 1 N–H and O–H groups in total. The number of amides is 2. The van der Waals surface area contributed by atoms with Gasteiger partial charge in [0.25, 0.3) is 5.91 Å². The fourth-order valence-corrected chi connectivity index (χ4v) is 2.79. The Morgan fingerprint density at radius 1 is 1.36 bits per heavy atom. The number of hydrogen-bond acceptors (Lipinski definition) is 5. The fraction of sp³-hybridized carbons (Fsp3) is 0.389. The predicted octanol–water partition coefficient (Wildman–Crippen LogP) is 1.78. The van der Waals surface area contributed by atoms with Gasteiger partial charge in [-0.1, -0.05) is 18.2 Å². The van der Waals surface area contributed by atoms with Gasteiger partial charge in [0.1, 0.15) is 17.9 Å². The lowest BCUT2D eigenvalue weighted by Crippen LogP contribution is -2.35. The molecular weight excluding hydrogens is 324 g/mol. The SMILES string of the molecule is C[C@H](NC(=O)COC(=O)CN1CCCC1=O)c1cc2ccccc2o1. The van der Waals surface area contributed by atoms with Crippen LogP contribution < -0.4 is 5.32 Å². The van der Waals surface area contributed by atoms with Crippen LogP contribution in [0, 0.1) is 0 Å². The number of likely N-dealkylation sites (tertiary alicyclic amines) is 1. The van der Waals surface area contributed by atoms with Crippen molar-refractivity contribution >= 4 is 28.8 Å². The lowest BCUT2D eigenvalue weighted by atomic mass is 10.2. The monoisotopic (exact) mass is 344 g/mol. The van der Waals surface area contributed by atoms with Crippen LogP contribution in [0.4, 0.5) is 0 Å². The van der Waals surface area contributed by atoms with E-state index in [-0.39, 0.29) is 25.1 Å². The second-order valence-corrected chi connectivity index (χ2v) is 6.06. The van der Waals surface area contributed by atoms with E-state index in [4.69, 9.17) is 9.15 Å². The molecule has 7 nitrogen and oxygen atoms in total. The summed E-state index contributed by atoms with van der Waals surface area (Å²) in [6.45, 7) is 1.86. The summed E-state index contributed by atoms with van der Waals surface area (Å²) in [6, 6.07) is 9.09. The van der Waals surface area contributed by atoms with E-state index in [1.807, 2.05) is 30.3 Å². The molecule has 2 amide bonds. The van der Waals surface area contributed by atoms with E-state index in [0.717, 1.165) is 17.4 Å². The molecule has 1 aromatic heterocycles. The molecule has 0 saturated carbocycles. The van der Waals surface area contributed by atoms with Crippen LogP contribution in [0.5, 0.6) is 0 Å². The number of esters is 1. The summed E-state index contributed by atoms with van der Waals surface area (Å²) in [5.74, 6) is -0.431. The molecular formula is C18H20N2O5. The molecule has 0 radical (unpaired) electrons. The highest BCUT2D eigenvalue weighted by molar-refractivity contribution is 5.85. The van der Waals surface area contributed by atoms with Gasteiger partial charge in [0, 0.05) is 18.4 Å². The highest BCUT2D eigenvalue weighted by atomic mass is 16.5. The zero-order valence-electron chi connectivity index (χ0n) is 14.0. The molecule has 0 aliphatic carbocycles. The van der Waals surface area contributed by atoms with Crippen molar-refractivity contribution < 1.29 is 23.5 Å². The van der Waals surface area contributed by atoms with Crippen LogP contribution in [-0.4, -0.2) is 42.4 Å². The van der Waals surface area contributed by atoms with Crippen molar-refractivity contribution in [3.63, 3.8) is 0 Å². The van der Waals surface area contributed by atoms with Crippen molar-refractivity contribution in [3.05, 3.63) is 36.1 Å². The summed E-state index contributed by atoms with van der Waals surface area (Å²) in [7, 11) is 0. The normalized spacial score (nSPS) is 15.4. The Hall–Kier alpha value is -2.83. The highest BCUT2D eigenvalue weighted by Crippen LogP contribution is 2.23. The van der Waals surface area contributed by atoms with Crippen molar-refractivity contribution in [1.29, 1.82) is 0 Å². The molecule has 7 heteroatoms. The van der Waals surface area contributed by atoms with Crippen molar-refractivity contribution in [3.8, 4) is 0 Å². The number of para-hydroxylation sites is 1. The number of furan rings is 1. The average molecular weight is 344 g/mol. The van der Waals surface area contributed by atoms with Crippen LogP contribution >= 0.6 is 0 Å². The number of carbonyl (C=O) groups is 3. The van der Waals surface area contributed by atoms with Crippen LogP contribution in [-0.2, 0) is 19.1 Å². The lowest BCUT2D eigenvalue weighted by molar-refractivity contribution is -0.151. The zero-order valence-corrected chi connectivity index (χ0v) is 14.0. The second kappa shape index (κ2) is 7.38. The number of nitrogens with zero attached hydrogens (tertiary/aromatic N) is 1. The minimum absolute atomic E-state index is 0.0556. The first-order valence-corrected chi connectivity index (χ1v) is 8.24. The largest absolute Gasteiger partial charge is 0.459 e. The molecule has 3 rings (SSSR count). The Morgan fingerprint density at radius 3 is 2.88 bits per heavy atom. The molecule has 2 aromatic rings. The van der Waals surface area contributed by atoms with Gasteiger partial charge < -0.3 is 19.4 Å². The molecule has 2 heterocycles. The highest BCUT2D eigenvalue weighted by Gasteiger charge is 2.23. The molecule has 1 aliphatic rings. The first-order valence-electron chi connectivity index (χ1n) is 8.24. The van der Waals surface area contributed by atoms with Crippen molar-refractivity contribution in [2.45, 2.75) is 25.8 Å². The zero-order chi connectivity index (χ0) is 17.8. The number of fused-ring (bicyclic) bond motifs is 1. The van der Waals surface area contributed by atoms with Crippen molar-refractivity contribution in [2.75, 3.05) is 19.7 Å². The molecule has 25 heavy (non-hydrogen) atoms. The Bertz CT molecular complexity index is 765. The Kier molecular flexibility index (Phi) is 5.02. The summed E-state index contributed by atoms with van der Waals surface area (Å²) in [4.78, 5) is 36.5. The second-order valence-electron chi connectivity index (χ2n) is 6.06. The summed E-state index contributed by atoms with van der Waals surface area (Å²) < 4.78 is 10.6. The van der Waals surface area contributed by atoms with Crippen LogP contribution in [0.2, 0.25) is 0 Å². The van der Waals surface area contributed by atoms with E-state index in [0.29, 0.717) is 18.7 Å². The Balaban J connectivity index is 1.46. The van der Waals surface area contributed by atoms with Gasteiger partial charge in [-0.3, -0.25) is 14.4 Å². The van der Waals surface area contributed by atoms with Crippen molar-refractivity contribution in [2.24, 2.45) is 0 Å². The number of benzene rings is 1. The van der Waals surface area contributed by atoms with Crippen LogP contribution in [0.1, 0.15) is 31.6 Å². The van der Waals surface area contributed by atoms with Crippen LogP contribution in [0.25, 0.3) is 11.0 Å². The quantitative estimate of drug-likeness (QED) is 0.807. The maximum Gasteiger partial charge on any atom is 0.326 e. The van der Waals surface area contributed by atoms with Gasteiger partial charge in [0.2, 0.25) is 5.91 Å². The summed E-state index contributed by atoms with van der Waals surface area (Å²) in [5, 5.41) is 3.68. The molecule has 1 fully saturated rings. The molecule has 0 spiro atoms. The molecule has 132 valence electrons. The maximum atomic E-state index is 11.9. The van der Waals surface area contributed by atoms with Gasteiger partial charge in [-0.25, -0.2) is 0 Å². The van der Waals surface area contributed by atoms with Gasteiger partial charge in [0.15, 0.2) is 6.61 Å². The first-order chi connectivity index (χ1) is 12.0. The third-order valence-corrected chi connectivity index (χ3v) is 4.10. The minimum atomic E-state index is -0.582. The van der Waals surface area contributed by atoms with E-state index in [9.17, 15) is 14.4 Å². The molecule has 1 aliphatic heterocycles. The molecule has 0 bridgehead atoms. The van der Waals surface area contributed by atoms with E-state index in [2.05, 4.69) is 5.32 Å². The Labute approximate surface area is 144 Å².